The van der Waals surface area contributed by atoms with Crippen LogP contribution in [0.3, 0.4) is 0 Å². The first-order chi connectivity index (χ1) is 14.4. The molecule has 0 spiro atoms. The molecule has 1 fully saturated rings. The summed E-state index contributed by atoms with van der Waals surface area (Å²) < 4.78 is 16.4. The number of anilines is 1. The number of nitrogens with one attached hydrogen (secondary N) is 1. The molecule has 1 aliphatic heterocycles. The standard InChI is InChI=1S/C21H19BrN2O6/c1-3-29-19(25)12-30-17-9-4-13(11-18(17)28-2)10-16-20(26)23-24(21(16)27)15-7-5-14(22)6-8-15/h4-11H,3,12H2,1-2H3,(H,23,26)/b16-10+. The van der Waals surface area contributed by atoms with Crippen molar-refractivity contribution in [3.63, 3.8) is 0 Å². The van der Waals surface area contributed by atoms with Crippen LogP contribution in [0, 0.1) is 0 Å². The predicted octanol–water partition coefficient (Wildman–Crippen LogP) is 2.86. The minimum Gasteiger partial charge on any atom is -0.493 e. The molecule has 156 valence electrons. The molecule has 2 aromatic rings. The highest BCUT2D eigenvalue weighted by Crippen LogP contribution is 2.30. The molecule has 1 aliphatic rings. The first-order valence-corrected chi connectivity index (χ1v) is 9.81. The molecule has 0 saturated carbocycles. The Morgan fingerprint density at radius 1 is 1.13 bits per heavy atom. The Kier molecular flexibility index (Phi) is 6.73. The molecule has 30 heavy (non-hydrogen) atoms. The summed E-state index contributed by atoms with van der Waals surface area (Å²) in [6.45, 7) is 1.71. The van der Waals surface area contributed by atoms with Crippen LogP contribution in [0.15, 0.2) is 52.5 Å². The average Bonchev–Trinajstić information content (AvgIpc) is 3.01. The second kappa shape index (κ2) is 9.45. The van der Waals surface area contributed by atoms with Gasteiger partial charge in [0.25, 0.3) is 11.8 Å². The summed E-state index contributed by atoms with van der Waals surface area (Å²) in [6.07, 6.45) is 1.47. The smallest absolute Gasteiger partial charge is 0.344 e. The first kappa shape index (κ1) is 21.4. The molecule has 1 saturated heterocycles. The number of benzene rings is 2. The van der Waals surface area contributed by atoms with Crippen LogP contribution >= 0.6 is 15.9 Å². The summed E-state index contributed by atoms with van der Waals surface area (Å²) in [5.41, 5.74) is 3.64. The van der Waals surface area contributed by atoms with Crippen molar-refractivity contribution < 1.29 is 28.6 Å². The maximum atomic E-state index is 12.7. The van der Waals surface area contributed by atoms with E-state index in [0.29, 0.717) is 22.7 Å². The number of carbonyl (C=O) groups excluding carboxylic acids is 3. The quantitative estimate of drug-likeness (QED) is 0.376. The van der Waals surface area contributed by atoms with Crippen molar-refractivity contribution in [2.75, 3.05) is 25.3 Å². The number of methoxy groups -OCH3 is 1. The highest BCUT2D eigenvalue weighted by molar-refractivity contribution is 9.10. The molecule has 0 radical (unpaired) electrons. The highest BCUT2D eigenvalue weighted by atomic mass is 79.9. The number of amides is 2. The van der Waals surface area contributed by atoms with E-state index in [2.05, 4.69) is 21.4 Å². The van der Waals surface area contributed by atoms with E-state index >= 15 is 0 Å². The van der Waals surface area contributed by atoms with Gasteiger partial charge in [0, 0.05) is 4.47 Å². The molecular weight excluding hydrogens is 456 g/mol. The summed E-state index contributed by atoms with van der Waals surface area (Å²) in [7, 11) is 1.45. The van der Waals surface area contributed by atoms with Crippen LogP contribution in [0.1, 0.15) is 12.5 Å². The van der Waals surface area contributed by atoms with E-state index in [9.17, 15) is 14.4 Å². The van der Waals surface area contributed by atoms with Gasteiger partial charge in [0.2, 0.25) is 0 Å². The number of carbonyl (C=O) groups is 3. The number of hydrogen-bond acceptors (Lipinski definition) is 6. The van der Waals surface area contributed by atoms with Crippen molar-refractivity contribution >= 4 is 45.5 Å². The fourth-order valence-corrected chi connectivity index (χ4v) is 2.99. The third kappa shape index (κ3) is 4.80. The fraction of sp³-hybridized carbons (Fsp3) is 0.190. The lowest BCUT2D eigenvalue weighted by molar-refractivity contribution is -0.145. The third-order valence-corrected chi connectivity index (χ3v) is 4.65. The summed E-state index contributed by atoms with van der Waals surface area (Å²) in [4.78, 5) is 36.5. The second-order valence-electron chi connectivity index (χ2n) is 6.12. The molecule has 8 nitrogen and oxygen atoms in total. The molecule has 0 aliphatic carbocycles. The maximum Gasteiger partial charge on any atom is 0.344 e. The summed E-state index contributed by atoms with van der Waals surface area (Å²) in [5.74, 6) is -0.781. The van der Waals surface area contributed by atoms with Crippen LogP contribution in [0.25, 0.3) is 6.08 Å². The van der Waals surface area contributed by atoms with E-state index in [-0.39, 0.29) is 18.8 Å². The van der Waals surface area contributed by atoms with E-state index in [1.807, 2.05) is 0 Å². The van der Waals surface area contributed by atoms with Gasteiger partial charge in [-0.15, -0.1) is 0 Å². The van der Waals surface area contributed by atoms with Crippen LogP contribution in [0.5, 0.6) is 11.5 Å². The summed E-state index contributed by atoms with van der Waals surface area (Å²) in [5, 5.41) is 1.19. The molecule has 0 aromatic heterocycles. The number of esters is 1. The van der Waals surface area contributed by atoms with Gasteiger partial charge in [0.15, 0.2) is 18.1 Å². The zero-order chi connectivity index (χ0) is 21.7. The lowest BCUT2D eigenvalue weighted by atomic mass is 10.1. The Morgan fingerprint density at radius 3 is 2.53 bits per heavy atom. The van der Waals surface area contributed by atoms with E-state index in [4.69, 9.17) is 14.2 Å². The van der Waals surface area contributed by atoms with Crippen molar-refractivity contribution in [1.82, 2.24) is 5.43 Å². The number of halogens is 1. The minimum absolute atomic E-state index is 0.0137. The molecule has 1 N–H and O–H groups in total. The van der Waals surface area contributed by atoms with E-state index in [1.165, 1.54) is 18.2 Å². The number of hydrazine groups is 1. The SMILES string of the molecule is CCOC(=O)COc1ccc(/C=C2\C(=O)NN(c3ccc(Br)cc3)C2=O)cc1OC. The van der Waals surface area contributed by atoms with Crippen molar-refractivity contribution in [2.45, 2.75) is 6.92 Å². The third-order valence-electron chi connectivity index (χ3n) is 4.13. The van der Waals surface area contributed by atoms with Crippen LogP contribution in [-0.2, 0) is 19.1 Å². The highest BCUT2D eigenvalue weighted by Gasteiger charge is 2.34. The Labute approximate surface area is 181 Å². The van der Waals surface area contributed by atoms with Crippen LogP contribution in [0.4, 0.5) is 5.69 Å². The summed E-state index contributed by atoms with van der Waals surface area (Å²) >= 11 is 3.33. The number of hydrogen-bond donors (Lipinski definition) is 1. The average molecular weight is 475 g/mol. The van der Waals surface area contributed by atoms with Crippen LogP contribution < -0.4 is 19.9 Å². The van der Waals surface area contributed by atoms with Crippen LogP contribution in [-0.4, -0.2) is 38.1 Å². The Morgan fingerprint density at radius 2 is 1.87 bits per heavy atom. The normalized spacial score (nSPS) is 14.6. The number of ether oxygens (including phenoxy) is 3. The van der Waals surface area contributed by atoms with E-state index in [1.54, 1.807) is 49.4 Å². The van der Waals surface area contributed by atoms with Gasteiger partial charge in [-0.25, -0.2) is 9.80 Å². The molecule has 2 amide bonds. The molecule has 0 unspecified atom stereocenters. The zero-order valence-corrected chi connectivity index (χ0v) is 17.9. The van der Waals surface area contributed by atoms with Crippen molar-refractivity contribution in [2.24, 2.45) is 0 Å². The maximum absolute atomic E-state index is 12.7. The van der Waals surface area contributed by atoms with Gasteiger partial charge in [0.1, 0.15) is 5.57 Å². The van der Waals surface area contributed by atoms with E-state index < -0.39 is 17.8 Å². The lowest BCUT2D eigenvalue weighted by Crippen LogP contribution is -2.35. The number of nitrogens with zero attached hydrogens (tertiary/aromatic N) is 1. The zero-order valence-electron chi connectivity index (χ0n) is 16.3. The second-order valence-corrected chi connectivity index (χ2v) is 7.04. The Balaban J connectivity index is 1.80. The monoisotopic (exact) mass is 474 g/mol. The molecule has 0 bridgehead atoms. The van der Waals surface area contributed by atoms with Gasteiger partial charge >= 0.3 is 5.97 Å². The molecule has 9 heteroatoms. The molecule has 3 rings (SSSR count). The van der Waals surface area contributed by atoms with Gasteiger partial charge in [-0.05, 0) is 55.0 Å². The van der Waals surface area contributed by atoms with Crippen molar-refractivity contribution in [1.29, 1.82) is 0 Å². The molecule has 2 aromatic carbocycles. The van der Waals surface area contributed by atoms with Crippen molar-refractivity contribution in [3.8, 4) is 11.5 Å². The Bertz CT molecular complexity index is 1000. The van der Waals surface area contributed by atoms with Gasteiger partial charge in [-0.1, -0.05) is 22.0 Å². The first-order valence-electron chi connectivity index (χ1n) is 9.02. The van der Waals surface area contributed by atoms with E-state index in [0.717, 1.165) is 4.47 Å². The summed E-state index contributed by atoms with van der Waals surface area (Å²) in [6, 6.07) is 11.8. The molecule has 0 atom stereocenters. The predicted molar refractivity (Wildman–Crippen MR) is 113 cm³/mol. The van der Waals surface area contributed by atoms with Crippen molar-refractivity contribution in [3.05, 3.63) is 58.1 Å². The largest absolute Gasteiger partial charge is 0.493 e. The Hall–Kier alpha value is -3.33. The van der Waals surface area contributed by atoms with Gasteiger partial charge in [0.05, 0.1) is 19.4 Å². The number of rotatable bonds is 7. The van der Waals surface area contributed by atoms with Gasteiger partial charge < -0.3 is 14.2 Å². The lowest BCUT2D eigenvalue weighted by Gasteiger charge is -2.14. The van der Waals surface area contributed by atoms with Gasteiger partial charge in [-0.2, -0.15) is 0 Å². The van der Waals surface area contributed by atoms with Gasteiger partial charge in [-0.3, -0.25) is 15.0 Å². The van der Waals surface area contributed by atoms with Crippen LogP contribution in [0.2, 0.25) is 0 Å². The topological polar surface area (TPSA) is 94.2 Å². The fourth-order valence-electron chi connectivity index (χ4n) is 2.73. The molecular formula is C21H19BrN2O6. The minimum atomic E-state index is -0.510. The molecule has 1 heterocycles.